The van der Waals surface area contributed by atoms with E-state index in [2.05, 4.69) is 4.98 Å². The number of rotatable bonds is 4. The Kier molecular flexibility index (Phi) is 7.14. The summed E-state index contributed by atoms with van der Waals surface area (Å²) in [6, 6.07) is 7.94. The molecule has 140 valence electrons. The molecular weight excluding hydrogens is 372 g/mol. The van der Waals surface area contributed by atoms with Gasteiger partial charge in [-0.3, -0.25) is 9.59 Å². The zero-order chi connectivity index (χ0) is 17.8. The van der Waals surface area contributed by atoms with Crippen molar-refractivity contribution < 1.29 is 9.59 Å². The fraction of sp³-hybridized carbons (Fsp3) is 0.389. The second kappa shape index (κ2) is 9.12. The van der Waals surface area contributed by atoms with E-state index in [-0.39, 0.29) is 24.2 Å². The molecule has 0 radical (unpaired) electrons. The summed E-state index contributed by atoms with van der Waals surface area (Å²) in [5, 5.41) is 2.51. The van der Waals surface area contributed by atoms with E-state index in [1.807, 2.05) is 36.1 Å². The van der Waals surface area contributed by atoms with Crippen LogP contribution in [-0.2, 0) is 17.8 Å². The second-order valence-corrected chi connectivity index (χ2v) is 7.05. The van der Waals surface area contributed by atoms with Crippen LogP contribution >= 0.6 is 23.7 Å². The minimum Gasteiger partial charge on any atom is -0.339 e. The first-order valence-electron chi connectivity index (χ1n) is 8.34. The van der Waals surface area contributed by atoms with E-state index in [0.717, 1.165) is 16.1 Å². The summed E-state index contributed by atoms with van der Waals surface area (Å²) in [4.78, 5) is 32.8. The van der Waals surface area contributed by atoms with Crippen molar-refractivity contribution in [3.8, 4) is 0 Å². The molecule has 2 aromatic rings. The van der Waals surface area contributed by atoms with E-state index < -0.39 is 0 Å². The lowest BCUT2D eigenvalue weighted by Crippen LogP contribution is -2.51. The van der Waals surface area contributed by atoms with E-state index in [4.69, 9.17) is 5.73 Å². The average Bonchev–Trinajstić information content (AvgIpc) is 3.12. The molecule has 1 aliphatic heterocycles. The van der Waals surface area contributed by atoms with E-state index in [9.17, 15) is 9.59 Å². The zero-order valence-corrected chi connectivity index (χ0v) is 16.3. The Morgan fingerprint density at radius 2 is 1.81 bits per heavy atom. The van der Waals surface area contributed by atoms with Crippen molar-refractivity contribution in [1.82, 2.24) is 14.8 Å². The number of carbonyl (C=O) groups excluding carboxylic acids is 2. The number of piperazine rings is 1. The van der Waals surface area contributed by atoms with Crippen molar-refractivity contribution >= 4 is 35.6 Å². The third-order valence-electron chi connectivity index (χ3n) is 4.47. The van der Waals surface area contributed by atoms with Crippen LogP contribution in [0.5, 0.6) is 0 Å². The summed E-state index contributed by atoms with van der Waals surface area (Å²) in [5.74, 6) is 0.0300. The molecule has 3 rings (SSSR count). The molecule has 0 aliphatic carbocycles. The molecule has 1 aromatic carbocycles. The lowest BCUT2D eigenvalue weighted by molar-refractivity contribution is -0.131. The van der Waals surface area contributed by atoms with Gasteiger partial charge in [-0.1, -0.05) is 24.3 Å². The Morgan fingerprint density at radius 1 is 1.15 bits per heavy atom. The summed E-state index contributed by atoms with van der Waals surface area (Å²) in [7, 11) is 0. The highest BCUT2D eigenvalue weighted by Crippen LogP contribution is 2.14. The van der Waals surface area contributed by atoms with Crippen molar-refractivity contribution in [1.29, 1.82) is 0 Å². The number of aryl methyl sites for hydroxylation is 1. The Balaban J connectivity index is 0.00000243. The molecule has 1 saturated heterocycles. The molecule has 2 amide bonds. The van der Waals surface area contributed by atoms with Crippen molar-refractivity contribution in [2.45, 2.75) is 19.9 Å². The number of aromatic nitrogens is 1. The first-order chi connectivity index (χ1) is 12.1. The number of nitrogens with zero attached hydrogens (tertiary/aromatic N) is 3. The van der Waals surface area contributed by atoms with Crippen LogP contribution in [0.3, 0.4) is 0 Å². The van der Waals surface area contributed by atoms with Crippen molar-refractivity contribution in [2.75, 3.05) is 26.2 Å². The van der Waals surface area contributed by atoms with Crippen LogP contribution < -0.4 is 5.73 Å². The number of benzene rings is 1. The smallest absolute Gasteiger partial charge is 0.273 e. The van der Waals surface area contributed by atoms with Crippen LogP contribution in [0.25, 0.3) is 0 Å². The summed E-state index contributed by atoms with van der Waals surface area (Å²) in [6.07, 6.45) is 0.409. The van der Waals surface area contributed by atoms with Crippen LogP contribution in [0, 0.1) is 6.92 Å². The average molecular weight is 395 g/mol. The van der Waals surface area contributed by atoms with Gasteiger partial charge in [0.1, 0.15) is 10.7 Å². The van der Waals surface area contributed by atoms with E-state index in [1.165, 1.54) is 11.3 Å². The molecule has 0 unspecified atom stereocenters. The number of hydrogen-bond donors (Lipinski definition) is 1. The first-order valence-corrected chi connectivity index (χ1v) is 9.22. The van der Waals surface area contributed by atoms with Gasteiger partial charge in [0, 0.05) is 38.1 Å². The molecule has 0 bridgehead atoms. The normalized spacial score (nSPS) is 14.1. The molecule has 1 fully saturated rings. The van der Waals surface area contributed by atoms with E-state index in [0.29, 0.717) is 44.8 Å². The predicted octanol–water partition coefficient (Wildman–Crippen LogP) is 1.86. The van der Waals surface area contributed by atoms with E-state index >= 15 is 0 Å². The molecule has 0 atom stereocenters. The topological polar surface area (TPSA) is 79.5 Å². The third-order valence-corrected chi connectivity index (χ3v) is 5.34. The van der Waals surface area contributed by atoms with Gasteiger partial charge in [-0.05, 0) is 18.1 Å². The molecule has 8 heteroatoms. The zero-order valence-electron chi connectivity index (χ0n) is 14.7. The van der Waals surface area contributed by atoms with Crippen LogP contribution in [0.15, 0.2) is 29.6 Å². The Labute approximate surface area is 163 Å². The standard InChI is InChI=1S/C18H22N4O2S.ClH/c1-13-4-2-3-5-14(13)10-17(23)21-6-8-22(9-7-21)18(24)15-12-25-16(11-19)20-15;/h2-5,12H,6-11,19H2,1H3;1H. The van der Waals surface area contributed by atoms with E-state index in [1.54, 1.807) is 10.3 Å². The van der Waals surface area contributed by atoms with Crippen LogP contribution in [0.1, 0.15) is 26.6 Å². The van der Waals surface area contributed by atoms with Gasteiger partial charge in [-0.2, -0.15) is 0 Å². The van der Waals surface area contributed by atoms with Gasteiger partial charge in [0.15, 0.2) is 0 Å². The van der Waals surface area contributed by atoms with Crippen molar-refractivity contribution in [3.63, 3.8) is 0 Å². The van der Waals surface area contributed by atoms with Gasteiger partial charge in [0.25, 0.3) is 5.91 Å². The Hall–Kier alpha value is -1.96. The molecule has 0 saturated carbocycles. The van der Waals surface area contributed by atoms with Gasteiger partial charge < -0.3 is 15.5 Å². The molecule has 1 aromatic heterocycles. The fourth-order valence-corrected chi connectivity index (χ4v) is 3.56. The minimum absolute atomic E-state index is 0. The summed E-state index contributed by atoms with van der Waals surface area (Å²) >= 11 is 1.40. The molecule has 0 spiro atoms. The number of halogens is 1. The molecule has 1 aliphatic rings. The molecular formula is C18H23ClN4O2S. The monoisotopic (exact) mass is 394 g/mol. The highest BCUT2D eigenvalue weighted by molar-refractivity contribution is 7.09. The number of hydrogen-bond acceptors (Lipinski definition) is 5. The lowest BCUT2D eigenvalue weighted by atomic mass is 10.1. The third kappa shape index (κ3) is 4.60. The first kappa shape index (κ1) is 20.4. The maximum Gasteiger partial charge on any atom is 0.273 e. The fourth-order valence-electron chi connectivity index (χ4n) is 2.91. The van der Waals surface area contributed by atoms with Crippen molar-refractivity contribution in [2.24, 2.45) is 5.73 Å². The Bertz CT molecular complexity index is 772. The van der Waals surface area contributed by atoms with Gasteiger partial charge in [-0.15, -0.1) is 23.7 Å². The van der Waals surface area contributed by atoms with Crippen LogP contribution in [0.4, 0.5) is 0 Å². The van der Waals surface area contributed by atoms with Gasteiger partial charge in [0.05, 0.1) is 6.42 Å². The second-order valence-electron chi connectivity index (χ2n) is 6.11. The summed E-state index contributed by atoms with van der Waals surface area (Å²) < 4.78 is 0. The summed E-state index contributed by atoms with van der Waals surface area (Å²) in [5.41, 5.74) is 8.18. The van der Waals surface area contributed by atoms with Crippen molar-refractivity contribution in [3.05, 3.63) is 51.5 Å². The highest BCUT2D eigenvalue weighted by atomic mass is 35.5. The summed E-state index contributed by atoms with van der Waals surface area (Å²) in [6.45, 7) is 4.55. The van der Waals surface area contributed by atoms with Gasteiger partial charge in [0.2, 0.25) is 5.91 Å². The maximum atomic E-state index is 12.5. The minimum atomic E-state index is -0.0815. The molecule has 2 heterocycles. The number of thiazole rings is 1. The van der Waals surface area contributed by atoms with Crippen LogP contribution in [-0.4, -0.2) is 52.8 Å². The Morgan fingerprint density at radius 3 is 2.42 bits per heavy atom. The molecule has 2 N–H and O–H groups in total. The predicted molar refractivity (Wildman–Crippen MR) is 105 cm³/mol. The van der Waals surface area contributed by atoms with Crippen LogP contribution in [0.2, 0.25) is 0 Å². The largest absolute Gasteiger partial charge is 0.339 e. The molecule has 6 nitrogen and oxygen atoms in total. The maximum absolute atomic E-state index is 12.5. The number of nitrogens with two attached hydrogens (primary N) is 1. The quantitative estimate of drug-likeness (QED) is 0.858. The number of amides is 2. The molecule has 26 heavy (non-hydrogen) atoms. The van der Waals surface area contributed by atoms with Gasteiger partial charge in [-0.25, -0.2) is 4.98 Å². The number of carbonyl (C=O) groups is 2. The highest BCUT2D eigenvalue weighted by Gasteiger charge is 2.26. The SMILES string of the molecule is Cc1ccccc1CC(=O)N1CCN(C(=O)c2csc(CN)n2)CC1.Cl. The van der Waals surface area contributed by atoms with Gasteiger partial charge >= 0.3 is 0 Å². The lowest BCUT2D eigenvalue weighted by Gasteiger charge is -2.34.